The first kappa shape index (κ1) is 15.6. The second kappa shape index (κ2) is 6.31. The van der Waals surface area contributed by atoms with Gasteiger partial charge in [-0.25, -0.2) is 9.97 Å². The minimum Gasteiger partial charge on any atom is -0.377 e. The molecule has 21 heavy (non-hydrogen) atoms. The SMILES string of the molecule is CCc1nc(Cl)c(C)c(Nc2ccc(C)c(N(C)C)c2)n1. The molecule has 0 atom stereocenters. The maximum Gasteiger partial charge on any atom is 0.138 e. The third kappa shape index (κ3) is 3.45. The van der Waals surface area contributed by atoms with Crippen LogP contribution in [0.25, 0.3) is 0 Å². The van der Waals surface area contributed by atoms with Crippen LogP contribution in [0.2, 0.25) is 5.15 Å². The zero-order valence-corrected chi connectivity index (χ0v) is 13.9. The Hall–Kier alpha value is -1.81. The first-order chi connectivity index (χ1) is 9.92. The Balaban J connectivity index is 2.38. The summed E-state index contributed by atoms with van der Waals surface area (Å²) in [5.41, 5.74) is 4.26. The molecule has 1 heterocycles. The van der Waals surface area contributed by atoms with E-state index in [4.69, 9.17) is 11.6 Å². The van der Waals surface area contributed by atoms with Crippen LogP contribution in [0.1, 0.15) is 23.9 Å². The fourth-order valence-electron chi connectivity index (χ4n) is 2.12. The van der Waals surface area contributed by atoms with Crippen molar-refractivity contribution >= 4 is 28.8 Å². The molecule has 1 aromatic carbocycles. The number of hydrogen-bond donors (Lipinski definition) is 1. The van der Waals surface area contributed by atoms with E-state index >= 15 is 0 Å². The monoisotopic (exact) mass is 304 g/mol. The van der Waals surface area contributed by atoms with Crippen LogP contribution in [0, 0.1) is 13.8 Å². The Bertz CT molecular complexity index is 653. The highest BCUT2D eigenvalue weighted by Gasteiger charge is 2.10. The minimum atomic E-state index is 0.504. The highest BCUT2D eigenvalue weighted by Crippen LogP contribution is 2.27. The molecule has 1 aromatic heterocycles. The molecule has 0 unspecified atom stereocenters. The number of anilines is 3. The van der Waals surface area contributed by atoms with Crippen molar-refractivity contribution in [3.63, 3.8) is 0 Å². The second-order valence-corrected chi connectivity index (χ2v) is 5.64. The van der Waals surface area contributed by atoms with Crippen molar-refractivity contribution in [1.82, 2.24) is 9.97 Å². The van der Waals surface area contributed by atoms with Crippen LogP contribution in [0.15, 0.2) is 18.2 Å². The van der Waals surface area contributed by atoms with E-state index in [1.54, 1.807) is 0 Å². The summed E-state index contributed by atoms with van der Waals surface area (Å²) in [4.78, 5) is 10.9. The number of aryl methyl sites for hydroxylation is 2. The zero-order chi connectivity index (χ0) is 15.6. The Kier molecular flexibility index (Phi) is 4.68. The van der Waals surface area contributed by atoms with Gasteiger partial charge in [-0.3, -0.25) is 0 Å². The van der Waals surface area contributed by atoms with Gasteiger partial charge in [0.1, 0.15) is 16.8 Å². The Morgan fingerprint density at radius 3 is 2.52 bits per heavy atom. The van der Waals surface area contributed by atoms with Gasteiger partial charge in [0, 0.05) is 37.5 Å². The smallest absolute Gasteiger partial charge is 0.138 e. The number of aromatic nitrogens is 2. The lowest BCUT2D eigenvalue weighted by molar-refractivity contribution is 0.934. The summed E-state index contributed by atoms with van der Waals surface area (Å²) in [5, 5.41) is 3.85. The molecule has 0 fully saturated rings. The summed E-state index contributed by atoms with van der Waals surface area (Å²) < 4.78 is 0. The highest BCUT2D eigenvalue weighted by molar-refractivity contribution is 6.30. The normalized spacial score (nSPS) is 10.6. The molecule has 0 aliphatic rings. The Labute approximate surface area is 131 Å². The molecule has 5 heteroatoms. The fraction of sp³-hybridized carbons (Fsp3) is 0.375. The molecule has 0 saturated heterocycles. The summed E-state index contributed by atoms with van der Waals surface area (Å²) in [6.45, 7) is 6.03. The van der Waals surface area contributed by atoms with Crippen molar-refractivity contribution in [1.29, 1.82) is 0 Å². The number of nitrogens with one attached hydrogen (secondary N) is 1. The third-order valence-electron chi connectivity index (χ3n) is 3.40. The average molecular weight is 305 g/mol. The van der Waals surface area contributed by atoms with Gasteiger partial charge in [0.2, 0.25) is 0 Å². The van der Waals surface area contributed by atoms with Crippen LogP contribution >= 0.6 is 11.6 Å². The number of nitrogens with zero attached hydrogens (tertiary/aromatic N) is 3. The molecule has 0 aliphatic heterocycles. The lowest BCUT2D eigenvalue weighted by atomic mass is 10.1. The summed E-state index contributed by atoms with van der Waals surface area (Å²) in [6, 6.07) is 6.25. The van der Waals surface area contributed by atoms with Gasteiger partial charge >= 0.3 is 0 Å². The largest absolute Gasteiger partial charge is 0.377 e. The van der Waals surface area contributed by atoms with E-state index in [9.17, 15) is 0 Å². The van der Waals surface area contributed by atoms with Gasteiger partial charge in [-0.15, -0.1) is 0 Å². The summed E-state index contributed by atoms with van der Waals surface area (Å²) in [6.07, 6.45) is 0.755. The van der Waals surface area contributed by atoms with E-state index in [0.717, 1.165) is 29.3 Å². The molecule has 0 amide bonds. The number of benzene rings is 1. The zero-order valence-electron chi connectivity index (χ0n) is 13.2. The van der Waals surface area contributed by atoms with Crippen molar-refractivity contribution in [3.05, 3.63) is 40.3 Å². The van der Waals surface area contributed by atoms with Crippen molar-refractivity contribution in [2.45, 2.75) is 27.2 Å². The molecular weight excluding hydrogens is 284 g/mol. The van der Waals surface area contributed by atoms with Gasteiger partial charge < -0.3 is 10.2 Å². The van der Waals surface area contributed by atoms with Gasteiger partial charge in [-0.2, -0.15) is 0 Å². The van der Waals surface area contributed by atoms with Crippen LogP contribution in [0.3, 0.4) is 0 Å². The van der Waals surface area contributed by atoms with E-state index in [2.05, 4.69) is 39.2 Å². The highest BCUT2D eigenvalue weighted by atomic mass is 35.5. The number of hydrogen-bond acceptors (Lipinski definition) is 4. The van der Waals surface area contributed by atoms with Crippen LogP contribution in [0.5, 0.6) is 0 Å². The molecular formula is C16H21ClN4. The van der Waals surface area contributed by atoms with Crippen molar-refractivity contribution in [2.24, 2.45) is 0 Å². The molecule has 0 radical (unpaired) electrons. The first-order valence-corrected chi connectivity index (χ1v) is 7.38. The van der Waals surface area contributed by atoms with E-state index in [0.29, 0.717) is 5.15 Å². The van der Waals surface area contributed by atoms with Crippen molar-refractivity contribution in [2.75, 3.05) is 24.3 Å². The van der Waals surface area contributed by atoms with Crippen LogP contribution in [-0.2, 0) is 6.42 Å². The molecule has 0 spiro atoms. The van der Waals surface area contributed by atoms with Crippen LogP contribution < -0.4 is 10.2 Å². The van der Waals surface area contributed by atoms with E-state index in [1.165, 1.54) is 11.3 Å². The standard InChI is InChI=1S/C16H21ClN4/c1-6-14-19-15(17)11(3)16(20-14)18-12-8-7-10(2)13(9-12)21(4)5/h7-9H,6H2,1-5H3,(H,18,19,20). The molecule has 1 N–H and O–H groups in total. The van der Waals surface area contributed by atoms with E-state index in [-0.39, 0.29) is 0 Å². The minimum absolute atomic E-state index is 0.504. The first-order valence-electron chi connectivity index (χ1n) is 7.00. The molecule has 0 bridgehead atoms. The van der Waals surface area contributed by atoms with Crippen LogP contribution in [0.4, 0.5) is 17.2 Å². The summed E-state index contributed by atoms with van der Waals surface area (Å²) >= 11 is 6.17. The van der Waals surface area contributed by atoms with Gasteiger partial charge in [-0.1, -0.05) is 24.6 Å². The van der Waals surface area contributed by atoms with Crippen molar-refractivity contribution in [3.8, 4) is 0 Å². The summed E-state index contributed by atoms with van der Waals surface area (Å²) in [5.74, 6) is 1.51. The maximum atomic E-state index is 6.17. The van der Waals surface area contributed by atoms with Crippen LogP contribution in [-0.4, -0.2) is 24.1 Å². The maximum absolute atomic E-state index is 6.17. The van der Waals surface area contributed by atoms with E-state index in [1.807, 2.05) is 34.0 Å². The molecule has 4 nitrogen and oxygen atoms in total. The topological polar surface area (TPSA) is 41.1 Å². The van der Waals surface area contributed by atoms with E-state index < -0.39 is 0 Å². The van der Waals surface area contributed by atoms with Crippen molar-refractivity contribution < 1.29 is 0 Å². The van der Waals surface area contributed by atoms with Gasteiger partial charge in [0.15, 0.2) is 0 Å². The Morgan fingerprint density at radius 1 is 1.19 bits per heavy atom. The number of halogens is 1. The Morgan fingerprint density at radius 2 is 1.90 bits per heavy atom. The second-order valence-electron chi connectivity index (χ2n) is 5.28. The third-order valence-corrected chi connectivity index (χ3v) is 3.77. The van der Waals surface area contributed by atoms with Gasteiger partial charge in [0.25, 0.3) is 0 Å². The lowest BCUT2D eigenvalue weighted by Gasteiger charge is -2.18. The molecule has 2 rings (SSSR count). The molecule has 0 saturated carbocycles. The molecule has 2 aromatic rings. The fourth-order valence-corrected chi connectivity index (χ4v) is 2.31. The average Bonchev–Trinajstić information content (AvgIpc) is 2.45. The number of rotatable bonds is 4. The van der Waals surface area contributed by atoms with Gasteiger partial charge in [-0.05, 0) is 31.5 Å². The predicted molar refractivity (Wildman–Crippen MR) is 89.9 cm³/mol. The van der Waals surface area contributed by atoms with Gasteiger partial charge in [0.05, 0.1) is 0 Å². The molecule has 112 valence electrons. The molecule has 0 aliphatic carbocycles. The summed E-state index contributed by atoms with van der Waals surface area (Å²) in [7, 11) is 4.07. The predicted octanol–water partition coefficient (Wildman–Crippen LogP) is 4.12. The lowest BCUT2D eigenvalue weighted by Crippen LogP contribution is -2.10. The quantitative estimate of drug-likeness (QED) is 0.863.